The fourth-order valence-electron chi connectivity index (χ4n) is 3.82. The summed E-state index contributed by atoms with van der Waals surface area (Å²) in [5.41, 5.74) is 2.60. The zero-order valence-corrected chi connectivity index (χ0v) is 19.2. The average Bonchev–Trinajstić information content (AvgIpc) is 2.97. The number of halogens is 1. The summed E-state index contributed by atoms with van der Waals surface area (Å²) >= 11 is 5.92. The summed E-state index contributed by atoms with van der Waals surface area (Å²) in [6.45, 7) is 11.9. The van der Waals surface area contributed by atoms with E-state index in [9.17, 15) is 14.4 Å². The van der Waals surface area contributed by atoms with Crippen molar-refractivity contribution < 1.29 is 19.1 Å². The van der Waals surface area contributed by atoms with E-state index < -0.39 is 12.0 Å². The fraction of sp³-hybridized carbons (Fsp3) is 0.435. The molecule has 1 unspecified atom stereocenters. The van der Waals surface area contributed by atoms with E-state index in [0.29, 0.717) is 46.2 Å². The Bertz CT molecular complexity index is 947. The van der Waals surface area contributed by atoms with Crippen LogP contribution in [0.15, 0.2) is 24.3 Å². The summed E-state index contributed by atoms with van der Waals surface area (Å²) in [6.07, 6.45) is 0. The number of amides is 1. The Morgan fingerprint density at radius 2 is 1.70 bits per heavy atom. The highest BCUT2D eigenvalue weighted by molar-refractivity contribution is 6.30. The fourth-order valence-corrected chi connectivity index (χ4v) is 3.94. The standard InChI is InChI=1S/C23H29ClN2O4/c1-7-25-15(5)19(14(4)20(25)23(29)30-9-3)21(27)16(6)26(8-2)22(28)17-10-12-18(24)13-11-17/h10-13,16H,7-9H2,1-6H3. The van der Waals surface area contributed by atoms with E-state index >= 15 is 0 Å². The van der Waals surface area contributed by atoms with Crippen molar-refractivity contribution in [3.05, 3.63) is 57.4 Å². The number of hydrogen-bond donors (Lipinski definition) is 0. The van der Waals surface area contributed by atoms with Crippen molar-refractivity contribution in [2.24, 2.45) is 0 Å². The third-order valence-corrected chi connectivity index (χ3v) is 5.59. The molecular formula is C23H29ClN2O4. The molecule has 162 valence electrons. The molecule has 0 bridgehead atoms. The minimum atomic E-state index is -0.696. The van der Waals surface area contributed by atoms with Crippen LogP contribution in [0.2, 0.25) is 5.02 Å². The second kappa shape index (κ2) is 9.94. The van der Waals surface area contributed by atoms with Crippen molar-refractivity contribution in [2.75, 3.05) is 13.2 Å². The molecule has 1 heterocycles. The van der Waals surface area contributed by atoms with Crippen LogP contribution < -0.4 is 0 Å². The lowest BCUT2D eigenvalue weighted by molar-refractivity contribution is 0.0512. The summed E-state index contributed by atoms with van der Waals surface area (Å²) in [6, 6.07) is 5.89. The van der Waals surface area contributed by atoms with Crippen LogP contribution in [0.5, 0.6) is 0 Å². The number of nitrogens with zero attached hydrogens (tertiary/aromatic N) is 2. The van der Waals surface area contributed by atoms with Gasteiger partial charge in [0, 0.05) is 34.9 Å². The molecule has 0 saturated heterocycles. The number of aromatic nitrogens is 1. The second-order valence-electron chi connectivity index (χ2n) is 7.04. The first-order valence-corrected chi connectivity index (χ1v) is 10.5. The van der Waals surface area contributed by atoms with Gasteiger partial charge in [0.05, 0.1) is 12.6 Å². The molecule has 1 aromatic carbocycles. The van der Waals surface area contributed by atoms with Gasteiger partial charge in [-0.3, -0.25) is 9.59 Å². The highest BCUT2D eigenvalue weighted by Gasteiger charge is 2.32. The van der Waals surface area contributed by atoms with Crippen molar-refractivity contribution >= 4 is 29.3 Å². The van der Waals surface area contributed by atoms with Crippen LogP contribution in [0.3, 0.4) is 0 Å². The van der Waals surface area contributed by atoms with Crippen LogP contribution in [0.1, 0.15) is 70.2 Å². The number of ether oxygens (including phenoxy) is 1. The Kier molecular flexibility index (Phi) is 7.84. The number of rotatable bonds is 8. The molecule has 1 atom stereocenters. The monoisotopic (exact) mass is 432 g/mol. The minimum Gasteiger partial charge on any atom is -0.461 e. The van der Waals surface area contributed by atoms with Crippen molar-refractivity contribution in [2.45, 2.75) is 54.1 Å². The Hall–Kier alpha value is -2.60. The number of esters is 1. The molecule has 0 spiro atoms. The Balaban J connectivity index is 2.44. The third-order valence-electron chi connectivity index (χ3n) is 5.34. The van der Waals surface area contributed by atoms with Gasteiger partial charge in [-0.15, -0.1) is 0 Å². The summed E-state index contributed by atoms with van der Waals surface area (Å²) in [4.78, 5) is 40.5. The summed E-state index contributed by atoms with van der Waals surface area (Å²) in [7, 11) is 0. The van der Waals surface area contributed by atoms with Gasteiger partial charge in [-0.25, -0.2) is 4.79 Å². The first-order valence-electron chi connectivity index (χ1n) is 10.2. The first-order chi connectivity index (χ1) is 14.2. The number of carbonyl (C=O) groups excluding carboxylic acids is 3. The predicted molar refractivity (Wildman–Crippen MR) is 117 cm³/mol. The lowest BCUT2D eigenvalue weighted by atomic mass is 9.99. The van der Waals surface area contributed by atoms with Gasteiger partial charge >= 0.3 is 5.97 Å². The van der Waals surface area contributed by atoms with E-state index in [2.05, 4.69) is 0 Å². The molecule has 2 rings (SSSR count). The Morgan fingerprint density at radius 3 is 2.20 bits per heavy atom. The zero-order chi connectivity index (χ0) is 22.6. The lowest BCUT2D eigenvalue weighted by Crippen LogP contribution is -2.43. The van der Waals surface area contributed by atoms with E-state index in [1.54, 1.807) is 49.6 Å². The van der Waals surface area contributed by atoms with Crippen LogP contribution in [0.4, 0.5) is 0 Å². The van der Waals surface area contributed by atoms with Crippen molar-refractivity contribution in [1.29, 1.82) is 0 Å². The molecule has 2 aromatic rings. The quantitative estimate of drug-likeness (QED) is 0.448. The number of Topliss-reactive ketones (excluding diaryl/α,β-unsaturated/α-hetero) is 1. The molecule has 0 N–H and O–H groups in total. The predicted octanol–water partition coefficient (Wildman–Crippen LogP) is 4.69. The van der Waals surface area contributed by atoms with Gasteiger partial charge in [0.1, 0.15) is 5.69 Å². The highest BCUT2D eigenvalue weighted by atomic mass is 35.5. The van der Waals surface area contributed by atoms with E-state index in [0.717, 1.165) is 0 Å². The number of likely N-dealkylation sites (N-methyl/N-ethyl adjacent to an activating group) is 1. The van der Waals surface area contributed by atoms with Crippen molar-refractivity contribution in [3.8, 4) is 0 Å². The summed E-state index contributed by atoms with van der Waals surface area (Å²) in [5.74, 6) is -0.894. The van der Waals surface area contributed by atoms with Crippen LogP contribution in [-0.4, -0.2) is 46.3 Å². The normalized spacial score (nSPS) is 11.8. The van der Waals surface area contributed by atoms with Crippen LogP contribution in [0, 0.1) is 13.8 Å². The van der Waals surface area contributed by atoms with Gasteiger partial charge in [-0.2, -0.15) is 0 Å². The molecule has 0 aliphatic rings. The molecule has 0 aliphatic heterocycles. The molecule has 0 fully saturated rings. The topological polar surface area (TPSA) is 68.6 Å². The van der Waals surface area contributed by atoms with Gasteiger partial charge in [0.2, 0.25) is 0 Å². The zero-order valence-electron chi connectivity index (χ0n) is 18.4. The first kappa shape index (κ1) is 23.7. The number of hydrogen-bond acceptors (Lipinski definition) is 4. The molecule has 6 nitrogen and oxygen atoms in total. The average molecular weight is 433 g/mol. The van der Waals surface area contributed by atoms with Gasteiger partial charge in [-0.05, 0) is 71.4 Å². The smallest absolute Gasteiger partial charge is 0.355 e. The van der Waals surface area contributed by atoms with Gasteiger partial charge < -0.3 is 14.2 Å². The van der Waals surface area contributed by atoms with E-state index in [4.69, 9.17) is 16.3 Å². The lowest BCUT2D eigenvalue weighted by Gasteiger charge is -2.27. The molecule has 1 amide bonds. The van der Waals surface area contributed by atoms with Crippen molar-refractivity contribution in [3.63, 3.8) is 0 Å². The molecule has 1 aromatic heterocycles. The molecule has 0 radical (unpaired) electrons. The van der Waals surface area contributed by atoms with Crippen molar-refractivity contribution in [1.82, 2.24) is 9.47 Å². The van der Waals surface area contributed by atoms with Crippen LogP contribution in [0.25, 0.3) is 0 Å². The highest BCUT2D eigenvalue weighted by Crippen LogP contribution is 2.26. The third kappa shape index (κ3) is 4.43. The van der Waals surface area contributed by atoms with Crippen LogP contribution >= 0.6 is 11.6 Å². The number of ketones is 1. The molecule has 0 saturated carbocycles. The molecule has 0 aliphatic carbocycles. The van der Waals surface area contributed by atoms with E-state index in [1.165, 1.54) is 4.90 Å². The van der Waals surface area contributed by atoms with Gasteiger partial charge in [0.25, 0.3) is 5.91 Å². The molecule has 30 heavy (non-hydrogen) atoms. The Labute approximate surface area is 182 Å². The van der Waals surface area contributed by atoms with E-state index in [1.807, 2.05) is 20.8 Å². The number of carbonyl (C=O) groups is 3. The maximum absolute atomic E-state index is 13.5. The number of benzene rings is 1. The largest absolute Gasteiger partial charge is 0.461 e. The SMILES string of the molecule is CCOC(=O)c1c(C)c(C(=O)C(C)N(CC)C(=O)c2ccc(Cl)cc2)c(C)n1CC. The van der Waals surface area contributed by atoms with E-state index in [-0.39, 0.29) is 18.3 Å². The minimum absolute atomic E-state index is 0.202. The van der Waals surface area contributed by atoms with Gasteiger partial charge in [0.15, 0.2) is 5.78 Å². The molecular weight excluding hydrogens is 404 g/mol. The maximum Gasteiger partial charge on any atom is 0.355 e. The maximum atomic E-state index is 13.5. The van der Waals surface area contributed by atoms with Gasteiger partial charge in [-0.1, -0.05) is 11.6 Å². The second-order valence-corrected chi connectivity index (χ2v) is 7.47. The summed E-state index contributed by atoms with van der Waals surface area (Å²) in [5, 5.41) is 0.539. The van der Waals surface area contributed by atoms with Crippen LogP contribution in [-0.2, 0) is 11.3 Å². The Morgan fingerprint density at radius 1 is 1.10 bits per heavy atom. The summed E-state index contributed by atoms with van der Waals surface area (Å²) < 4.78 is 6.98. The molecule has 7 heteroatoms.